The molecule has 0 rings (SSSR count). The molecule has 0 amide bonds. The molecule has 2 heteroatoms. The number of nitrogens with two attached hydrogens (primary N) is 1. The van der Waals surface area contributed by atoms with Gasteiger partial charge in [0.25, 0.3) is 0 Å². The van der Waals surface area contributed by atoms with Crippen LogP contribution in [0.1, 0.15) is 54.4 Å². The van der Waals surface area contributed by atoms with Crippen LogP contribution in [0.5, 0.6) is 0 Å². The number of hydrogen-bond donors (Lipinski definition) is 2. The van der Waals surface area contributed by atoms with Crippen LogP contribution in [0.3, 0.4) is 0 Å². The lowest BCUT2D eigenvalue weighted by atomic mass is 9.71. The van der Waals surface area contributed by atoms with Crippen molar-refractivity contribution in [3.05, 3.63) is 34.6 Å². The fraction of sp³-hybridized carbons (Fsp3) is 0.562. The molecule has 0 aliphatic rings. The summed E-state index contributed by atoms with van der Waals surface area (Å²) in [5, 5.41) is 7.31. The van der Waals surface area contributed by atoms with Gasteiger partial charge in [0.15, 0.2) is 0 Å². The number of hydrogen-bond acceptors (Lipinski definition) is 2. The van der Waals surface area contributed by atoms with Crippen LogP contribution in [-0.2, 0) is 0 Å². The maximum absolute atomic E-state index is 7.31. The van der Waals surface area contributed by atoms with E-state index in [4.69, 9.17) is 11.1 Å². The van der Waals surface area contributed by atoms with Crippen molar-refractivity contribution in [1.29, 1.82) is 5.41 Å². The molecule has 0 unspecified atom stereocenters. The molecule has 0 aliphatic carbocycles. The average Bonchev–Trinajstić information content (AvgIpc) is 2.28. The molecule has 3 N–H and O–H groups in total. The van der Waals surface area contributed by atoms with Crippen LogP contribution in [0.15, 0.2) is 34.6 Å². The highest BCUT2D eigenvalue weighted by Crippen LogP contribution is 2.42. The van der Waals surface area contributed by atoms with Crippen LogP contribution in [-0.4, -0.2) is 6.21 Å². The monoisotopic (exact) mass is 248 g/mol. The van der Waals surface area contributed by atoms with Crippen LogP contribution in [0.4, 0.5) is 0 Å². The zero-order valence-corrected chi connectivity index (χ0v) is 12.7. The summed E-state index contributed by atoms with van der Waals surface area (Å²) in [6.45, 7) is 13.0. The van der Waals surface area contributed by atoms with E-state index in [0.717, 1.165) is 12.8 Å². The molecular weight excluding hydrogens is 220 g/mol. The first-order chi connectivity index (χ1) is 8.36. The molecule has 0 radical (unpaired) electrons. The maximum Gasteiger partial charge on any atom is 0.0180 e. The Morgan fingerprint density at radius 3 is 2.00 bits per heavy atom. The smallest absolute Gasteiger partial charge is 0.0180 e. The minimum absolute atomic E-state index is 0.0762. The Bertz CT molecular complexity index is 378. The minimum Gasteiger partial charge on any atom is -0.405 e. The van der Waals surface area contributed by atoms with Gasteiger partial charge in [-0.1, -0.05) is 33.3 Å². The van der Waals surface area contributed by atoms with Crippen LogP contribution >= 0.6 is 0 Å². The summed E-state index contributed by atoms with van der Waals surface area (Å²) in [4.78, 5) is 0. The SMILES string of the molecule is CC/C(=C\C=N)C(=C(C)C)C(C)(C)/C(=C/N)CC. The van der Waals surface area contributed by atoms with Gasteiger partial charge in [-0.25, -0.2) is 0 Å². The second-order valence-corrected chi connectivity index (χ2v) is 5.26. The first-order valence-corrected chi connectivity index (χ1v) is 6.65. The third-order valence-corrected chi connectivity index (χ3v) is 3.50. The van der Waals surface area contributed by atoms with E-state index >= 15 is 0 Å². The fourth-order valence-corrected chi connectivity index (χ4v) is 2.75. The van der Waals surface area contributed by atoms with Gasteiger partial charge in [0.05, 0.1) is 0 Å². The summed E-state index contributed by atoms with van der Waals surface area (Å²) in [6.07, 6.45) is 6.88. The second-order valence-electron chi connectivity index (χ2n) is 5.26. The van der Waals surface area contributed by atoms with Crippen LogP contribution in [0, 0.1) is 10.8 Å². The zero-order valence-electron chi connectivity index (χ0n) is 12.7. The van der Waals surface area contributed by atoms with Gasteiger partial charge in [-0.2, -0.15) is 0 Å². The van der Waals surface area contributed by atoms with Gasteiger partial charge >= 0.3 is 0 Å². The topological polar surface area (TPSA) is 49.9 Å². The van der Waals surface area contributed by atoms with Crippen molar-refractivity contribution in [2.24, 2.45) is 11.1 Å². The molecule has 0 bridgehead atoms. The normalized spacial score (nSPS) is 13.4. The molecule has 0 aliphatic heterocycles. The molecule has 0 saturated carbocycles. The van der Waals surface area contributed by atoms with Gasteiger partial charge in [-0.15, -0.1) is 0 Å². The molecule has 102 valence electrons. The highest BCUT2D eigenvalue weighted by Gasteiger charge is 2.29. The summed E-state index contributed by atoms with van der Waals surface area (Å²) in [7, 11) is 0. The predicted octanol–water partition coefficient (Wildman–Crippen LogP) is 4.59. The minimum atomic E-state index is -0.0762. The first kappa shape index (κ1) is 16.7. The Hall–Kier alpha value is -1.31. The van der Waals surface area contributed by atoms with E-state index in [2.05, 4.69) is 41.5 Å². The van der Waals surface area contributed by atoms with E-state index in [0.29, 0.717) is 0 Å². The van der Waals surface area contributed by atoms with Gasteiger partial charge in [-0.05, 0) is 55.7 Å². The highest BCUT2D eigenvalue weighted by molar-refractivity contribution is 5.71. The molecule has 0 spiro atoms. The van der Waals surface area contributed by atoms with E-state index in [-0.39, 0.29) is 5.41 Å². The Morgan fingerprint density at radius 2 is 1.72 bits per heavy atom. The van der Waals surface area contributed by atoms with Gasteiger partial charge in [0.1, 0.15) is 0 Å². The summed E-state index contributed by atoms with van der Waals surface area (Å²) in [5.41, 5.74) is 10.8. The quantitative estimate of drug-likeness (QED) is 0.524. The Kier molecular flexibility index (Phi) is 6.67. The van der Waals surface area contributed by atoms with E-state index in [9.17, 15) is 0 Å². The molecule has 18 heavy (non-hydrogen) atoms. The average molecular weight is 248 g/mol. The molecular formula is C16H28N2. The molecule has 0 atom stereocenters. The van der Waals surface area contributed by atoms with Crippen LogP contribution in [0.25, 0.3) is 0 Å². The number of rotatable bonds is 6. The van der Waals surface area contributed by atoms with Crippen molar-refractivity contribution >= 4 is 6.21 Å². The number of allylic oxidation sites excluding steroid dienone is 5. The van der Waals surface area contributed by atoms with E-state index < -0.39 is 0 Å². The van der Waals surface area contributed by atoms with Crippen molar-refractivity contribution in [2.75, 3.05) is 0 Å². The summed E-state index contributed by atoms with van der Waals surface area (Å²) >= 11 is 0. The van der Waals surface area contributed by atoms with E-state index in [1.807, 2.05) is 6.08 Å². The molecule has 2 nitrogen and oxygen atoms in total. The molecule has 0 aromatic carbocycles. The lowest BCUT2D eigenvalue weighted by molar-refractivity contribution is 0.517. The lowest BCUT2D eigenvalue weighted by Gasteiger charge is -2.33. The molecule has 0 aromatic rings. The summed E-state index contributed by atoms with van der Waals surface area (Å²) in [5.74, 6) is 0. The van der Waals surface area contributed by atoms with Gasteiger partial charge < -0.3 is 11.1 Å². The lowest BCUT2D eigenvalue weighted by Crippen LogP contribution is -2.21. The van der Waals surface area contributed by atoms with Crippen LogP contribution < -0.4 is 5.73 Å². The van der Waals surface area contributed by atoms with Crippen LogP contribution in [0.2, 0.25) is 0 Å². The molecule has 0 saturated heterocycles. The third kappa shape index (κ3) is 3.59. The van der Waals surface area contributed by atoms with Crippen molar-refractivity contribution in [1.82, 2.24) is 0 Å². The van der Waals surface area contributed by atoms with Crippen molar-refractivity contribution in [2.45, 2.75) is 54.4 Å². The molecule has 0 aromatic heterocycles. The zero-order chi connectivity index (χ0) is 14.3. The maximum atomic E-state index is 7.31. The predicted molar refractivity (Wildman–Crippen MR) is 81.9 cm³/mol. The Balaban J connectivity index is 5.88. The third-order valence-electron chi connectivity index (χ3n) is 3.50. The second kappa shape index (κ2) is 7.20. The van der Waals surface area contributed by atoms with Gasteiger partial charge in [0.2, 0.25) is 0 Å². The summed E-state index contributed by atoms with van der Waals surface area (Å²) < 4.78 is 0. The Morgan fingerprint density at radius 1 is 1.17 bits per heavy atom. The van der Waals surface area contributed by atoms with Crippen molar-refractivity contribution in [3.63, 3.8) is 0 Å². The van der Waals surface area contributed by atoms with Gasteiger partial charge in [-0.3, -0.25) is 0 Å². The number of nitrogens with one attached hydrogen (secondary N) is 1. The highest BCUT2D eigenvalue weighted by atomic mass is 14.5. The Labute approximate surface area is 112 Å². The first-order valence-electron chi connectivity index (χ1n) is 6.65. The van der Waals surface area contributed by atoms with Crippen molar-refractivity contribution in [3.8, 4) is 0 Å². The van der Waals surface area contributed by atoms with E-state index in [1.165, 1.54) is 28.5 Å². The largest absolute Gasteiger partial charge is 0.405 e. The fourth-order valence-electron chi connectivity index (χ4n) is 2.75. The summed E-state index contributed by atoms with van der Waals surface area (Å²) in [6, 6.07) is 0. The molecule has 0 heterocycles. The van der Waals surface area contributed by atoms with E-state index in [1.54, 1.807) is 6.20 Å². The standard InChI is InChI=1S/C16H28N2/c1-7-13(9-10-17)15(12(3)4)16(5,6)14(8-2)11-18/h9-11,17H,7-8,18H2,1-6H3/b13-9+,14-11+,17-10?. The van der Waals surface area contributed by atoms with Crippen molar-refractivity contribution < 1.29 is 0 Å². The van der Waals surface area contributed by atoms with Gasteiger partial charge in [0, 0.05) is 11.6 Å². The molecule has 0 fully saturated rings.